The predicted octanol–water partition coefficient (Wildman–Crippen LogP) is 2.45. The lowest BCUT2D eigenvalue weighted by molar-refractivity contribution is -0.0577. The fourth-order valence-electron chi connectivity index (χ4n) is 0.800. The van der Waals surface area contributed by atoms with Gasteiger partial charge in [-0.15, -0.1) is 5.10 Å². The lowest BCUT2D eigenvalue weighted by Gasteiger charge is -2.16. The van der Waals surface area contributed by atoms with Gasteiger partial charge in [0.2, 0.25) is 0 Å². The Balaban J connectivity index is 2.84. The molecule has 0 aromatic rings. The third kappa shape index (κ3) is 2.23. The minimum atomic E-state index is -4.39. The maximum atomic E-state index is 12.1. The standard InChI is InChI=1S/C8H10F3N2/c1-7(2,3)5-4-6(13-12-5)8(9,10)11/h4H,1-3H3. The number of halogens is 3. The summed E-state index contributed by atoms with van der Waals surface area (Å²) in [6.07, 6.45) is -3.41. The topological polar surface area (TPSA) is 26.5 Å². The number of hydrogen-bond donors (Lipinski definition) is 0. The summed E-state index contributed by atoms with van der Waals surface area (Å²) in [6, 6.07) is 0. The van der Waals surface area contributed by atoms with Gasteiger partial charge in [0.1, 0.15) is 0 Å². The molecule has 1 rings (SSSR count). The summed E-state index contributed by atoms with van der Waals surface area (Å²) in [5.74, 6) is 0. The SMILES string of the molecule is CC(C)(C)C1=CC(C(F)(F)F)=N[N]1. The van der Waals surface area contributed by atoms with Gasteiger partial charge < -0.3 is 0 Å². The van der Waals surface area contributed by atoms with E-state index < -0.39 is 17.3 Å². The normalized spacial score (nSPS) is 18.0. The second-order valence-electron chi connectivity index (χ2n) is 3.86. The molecule has 1 aliphatic rings. The highest BCUT2D eigenvalue weighted by atomic mass is 19.4. The quantitative estimate of drug-likeness (QED) is 0.562. The molecule has 0 saturated heterocycles. The van der Waals surface area contributed by atoms with Gasteiger partial charge in [-0.2, -0.15) is 18.6 Å². The fourth-order valence-corrected chi connectivity index (χ4v) is 0.800. The van der Waals surface area contributed by atoms with Gasteiger partial charge >= 0.3 is 6.18 Å². The van der Waals surface area contributed by atoms with Crippen molar-refractivity contribution in [1.29, 1.82) is 0 Å². The Bertz CT molecular complexity index is 268. The van der Waals surface area contributed by atoms with E-state index >= 15 is 0 Å². The van der Waals surface area contributed by atoms with E-state index in [9.17, 15) is 13.2 Å². The summed E-state index contributed by atoms with van der Waals surface area (Å²) in [5.41, 5.74) is 2.53. The molecule has 5 heteroatoms. The maximum absolute atomic E-state index is 12.1. The van der Waals surface area contributed by atoms with Crippen LogP contribution in [0.25, 0.3) is 0 Å². The van der Waals surface area contributed by atoms with Crippen LogP contribution in [0.1, 0.15) is 20.8 Å². The largest absolute Gasteiger partial charge is 0.435 e. The van der Waals surface area contributed by atoms with Gasteiger partial charge in [0.15, 0.2) is 5.71 Å². The molecule has 73 valence electrons. The Morgan fingerprint density at radius 3 is 1.92 bits per heavy atom. The molecule has 1 heterocycles. The highest BCUT2D eigenvalue weighted by Gasteiger charge is 2.38. The Hall–Kier alpha value is -1.00. The summed E-state index contributed by atoms with van der Waals surface area (Å²) in [4.78, 5) is 0. The Kier molecular flexibility index (Phi) is 2.13. The van der Waals surface area contributed by atoms with Crippen LogP contribution in [0.4, 0.5) is 13.2 Å². The van der Waals surface area contributed by atoms with Gasteiger partial charge in [-0.3, -0.25) is 0 Å². The predicted molar refractivity (Wildman–Crippen MR) is 43.2 cm³/mol. The fraction of sp³-hybridized carbons (Fsp3) is 0.625. The van der Waals surface area contributed by atoms with Gasteiger partial charge in [0.05, 0.1) is 5.70 Å². The number of hydrogen-bond acceptors (Lipinski definition) is 1. The molecule has 13 heavy (non-hydrogen) atoms. The van der Waals surface area contributed by atoms with Crippen LogP contribution < -0.4 is 5.43 Å². The monoisotopic (exact) mass is 191 g/mol. The molecule has 1 aliphatic heterocycles. The van der Waals surface area contributed by atoms with Crippen LogP contribution in [-0.4, -0.2) is 11.9 Å². The molecule has 2 nitrogen and oxygen atoms in total. The molecule has 0 aliphatic carbocycles. The van der Waals surface area contributed by atoms with Crippen LogP contribution >= 0.6 is 0 Å². The van der Waals surface area contributed by atoms with Crippen LogP contribution in [0, 0.1) is 5.41 Å². The molecule has 0 atom stereocenters. The Morgan fingerprint density at radius 1 is 1.15 bits per heavy atom. The lowest BCUT2D eigenvalue weighted by Crippen LogP contribution is -2.19. The molecule has 0 spiro atoms. The van der Waals surface area contributed by atoms with E-state index in [1.165, 1.54) is 0 Å². The number of allylic oxidation sites excluding steroid dienone is 2. The Labute approximate surface area is 74.5 Å². The van der Waals surface area contributed by atoms with Crippen molar-refractivity contribution in [2.24, 2.45) is 10.5 Å². The van der Waals surface area contributed by atoms with Crippen molar-refractivity contribution in [3.8, 4) is 0 Å². The summed E-state index contributed by atoms with van der Waals surface area (Å²) in [7, 11) is 0. The summed E-state index contributed by atoms with van der Waals surface area (Å²) < 4.78 is 36.3. The summed E-state index contributed by atoms with van der Waals surface area (Å²) >= 11 is 0. The van der Waals surface area contributed by atoms with E-state index in [4.69, 9.17) is 0 Å². The minimum Gasteiger partial charge on any atom is -0.164 e. The van der Waals surface area contributed by atoms with Crippen LogP contribution in [0.2, 0.25) is 0 Å². The lowest BCUT2D eigenvalue weighted by atomic mass is 9.92. The van der Waals surface area contributed by atoms with Gasteiger partial charge in [-0.25, -0.2) is 0 Å². The van der Waals surface area contributed by atoms with Crippen molar-refractivity contribution in [3.05, 3.63) is 11.8 Å². The molecular weight excluding hydrogens is 181 g/mol. The minimum absolute atomic E-state index is 0.361. The second-order valence-corrected chi connectivity index (χ2v) is 3.86. The van der Waals surface area contributed by atoms with Crippen molar-refractivity contribution in [1.82, 2.24) is 5.43 Å². The Morgan fingerprint density at radius 2 is 1.69 bits per heavy atom. The average Bonchev–Trinajstić information content (AvgIpc) is 2.28. The van der Waals surface area contributed by atoms with Crippen molar-refractivity contribution in [2.45, 2.75) is 26.9 Å². The zero-order valence-electron chi connectivity index (χ0n) is 7.61. The van der Waals surface area contributed by atoms with Gasteiger partial charge in [0, 0.05) is 5.41 Å². The zero-order valence-corrected chi connectivity index (χ0v) is 7.61. The van der Waals surface area contributed by atoms with E-state index in [0.29, 0.717) is 5.70 Å². The summed E-state index contributed by atoms with van der Waals surface area (Å²) in [5, 5.41) is 3.08. The summed E-state index contributed by atoms with van der Waals surface area (Å²) in [6.45, 7) is 5.37. The van der Waals surface area contributed by atoms with Crippen molar-refractivity contribution in [3.63, 3.8) is 0 Å². The molecular formula is C8H10F3N2. The number of rotatable bonds is 0. The maximum Gasteiger partial charge on any atom is 0.435 e. The molecule has 0 unspecified atom stereocenters. The van der Waals surface area contributed by atoms with E-state index in [1.54, 1.807) is 20.8 Å². The van der Waals surface area contributed by atoms with E-state index in [1.807, 2.05) is 0 Å². The molecule has 0 amide bonds. The van der Waals surface area contributed by atoms with Gasteiger partial charge in [0.25, 0.3) is 0 Å². The first-order valence-electron chi connectivity index (χ1n) is 3.79. The van der Waals surface area contributed by atoms with Crippen LogP contribution in [0.3, 0.4) is 0 Å². The highest BCUT2D eigenvalue weighted by molar-refractivity contribution is 6.01. The van der Waals surface area contributed by atoms with Crippen molar-refractivity contribution < 1.29 is 13.2 Å². The average molecular weight is 191 g/mol. The van der Waals surface area contributed by atoms with E-state index in [0.717, 1.165) is 6.08 Å². The smallest absolute Gasteiger partial charge is 0.164 e. The molecule has 0 aromatic carbocycles. The van der Waals surface area contributed by atoms with E-state index in [-0.39, 0.29) is 0 Å². The third-order valence-corrected chi connectivity index (χ3v) is 1.60. The second kappa shape index (κ2) is 2.75. The number of alkyl halides is 3. The van der Waals surface area contributed by atoms with Crippen molar-refractivity contribution >= 4 is 5.71 Å². The first kappa shape index (κ1) is 10.1. The first-order valence-corrected chi connectivity index (χ1v) is 3.79. The van der Waals surface area contributed by atoms with Crippen molar-refractivity contribution in [2.75, 3.05) is 0 Å². The zero-order chi connectivity index (χ0) is 10.3. The third-order valence-electron chi connectivity index (χ3n) is 1.60. The molecule has 0 bridgehead atoms. The van der Waals surface area contributed by atoms with E-state index in [2.05, 4.69) is 10.5 Å². The molecule has 1 radical (unpaired) electrons. The van der Waals surface area contributed by atoms with Crippen LogP contribution in [0.15, 0.2) is 16.9 Å². The number of nitrogens with zero attached hydrogens (tertiary/aromatic N) is 2. The van der Waals surface area contributed by atoms with Crippen LogP contribution in [-0.2, 0) is 0 Å². The molecule has 0 N–H and O–H groups in total. The van der Waals surface area contributed by atoms with Gasteiger partial charge in [-0.05, 0) is 6.08 Å². The highest BCUT2D eigenvalue weighted by Crippen LogP contribution is 2.30. The van der Waals surface area contributed by atoms with Gasteiger partial charge in [-0.1, -0.05) is 20.8 Å². The van der Waals surface area contributed by atoms with Crippen LogP contribution in [0.5, 0.6) is 0 Å². The molecule has 0 aromatic heterocycles. The molecule has 0 saturated carbocycles. The first-order chi connectivity index (χ1) is 5.71. The molecule has 0 fully saturated rings.